The zero-order valence-corrected chi connectivity index (χ0v) is 15.7. The van der Waals surface area contributed by atoms with Crippen LogP contribution in [0.1, 0.15) is 58.3 Å². The number of piperidine rings is 1. The average Bonchev–Trinajstić information content (AvgIpc) is 3.06. The summed E-state index contributed by atoms with van der Waals surface area (Å²) in [5, 5.41) is 11.3. The van der Waals surface area contributed by atoms with Gasteiger partial charge in [0.05, 0.1) is 12.7 Å². The first-order valence-corrected chi connectivity index (χ1v) is 10.7. The van der Waals surface area contributed by atoms with Gasteiger partial charge in [0.1, 0.15) is 6.23 Å². The van der Waals surface area contributed by atoms with E-state index in [0.717, 1.165) is 24.6 Å². The lowest BCUT2D eigenvalue weighted by Gasteiger charge is -2.73. The Hall–Kier alpha value is -0.380. The normalized spacial score (nSPS) is 60.1. The third-order valence-corrected chi connectivity index (χ3v) is 10.00. The third-order valence-electron chi connectivity index (χ3n) is 10.00. The Kier molecular flexibility index (Phi) is 2.95. The number of aliphatic hydroxyl groups excluding tert-OH is 1. The number of rotatable bonds is 0. The van der Waals surface area contributed by atoms with Crippen LogP contribution in [0.3, 0.4) is 0 Å². The lowest BCUT2D eigenvalue weighted by Crippen LogP contribution is -2.73. The van der Waals surface area contributed by atoms with Crippen molar-refractivity contribution in [2.75, 3.05) is 19.7 Å². The molecule has 138 valence electrons. The molecule has 7 fully saturated rings. The maximum Gasteiger partial charge on any atom is 0.117 e. The molecule has 1 N–H and O–H groups in total. The van der Waals surface area contributed by atoms with Crippen LogP contribution in [0.25, 0.3) is 0 Å². The highest BCUT2D eigenvalue weighted by Gasteiger charge is 2.73. The van der Waals surface area contributed by atoms with Crippen LogP contribution in [0, 0.1) is 34.0 Å². The quantitative estimate of drug-likeness (QED) is 0.683. The lowest BCUT2D eigenvalue weighted by molar-refractivity contribution is -0.290. The van der Waals surface area contributed by atoms with Crippen LogP contribution in [0.15, 0.2) is 12.2 Å². The predicted molar refractivity (Wildman–Crippen MR) is 96.8 cm³/mol. The van der Waals surface area contributed by atoms with Crippen molar-refractivity contribution in [2.45, 2.75) is 70.6 Å². The first kappa shape index (κ1) is 15.7. The molecule has 4 bridgehead atoms. The molecule has 0 aromatic carbocycles. The highest BCUT2D eigenvalue weighted by molar-refractivity contribution is 5.28. The summed E-state index contributed by atoms with van der Waals surface area (Å²) in [6.07, 6.45) is 10.4. The molecule has 2 saturated heterocycles. The molecule has 7 rings (SSSR count). The van der Waals surface area contributed by atoms with Crippen LogP contribution < -0.4 is 0 Å². The van der Waals surface area contributed by atoms with Crippen molar-refractivity contribution < 1.29 is 9.84 Å². The number of aliphatic hydroxyl groups is 1. The summed E-state index contributed by atoms with van der Waals surface area (Å²) >= 11 is 0. The van der Waals surface area contributed by atoms with Gasteiger partial charge in [0.2, 0.25) is 0 Å². The number of ether oxygens (including phenoxy) is 1. The van der Waals surface area contributed by atoms with Gasteiger partial charge in [-0.3, -0.25) is 4.90 Å². The molecule has 0 radical (unpaired) electrons. The summed E-state index contributed by atoms with van der Waals surface area (Å²) in [7, 11) is 0. The first-order valence-electron chi connectivity index (χ1n) is 10.7. The summed E-state index contributed by atoms with van der Waals surface area (Å²) in [6, 6.07) is 0. The van der Waals surface area contributed by atoms with Crippen molar-refractivity contribution in [2.24, 2.45) is 34.0 Å². The van der Waals surface area contributed by atoms with Crippen molar-refractivity contribution in [3.63, 3.8) is 0 Å². The number of nitrogens with zero attached hydrogens (tertiary/aromatic N) is 1. The van der Waals surface area contributed by atoms with E-state index in [9.17, 15) is 5.11 Å². The number of hydrogen-bond donors (Lipinski definition) is 1. The van der Waals surface area contributed by atoms with Gasteiger partial charge in [0, 0.05) is 23.9 Å². The molecule has 0 aromatic heterocycles. The lowest BCUT2D eigenvalue weighted by atomic mass is 9.34. The minimum atomic E-state index is -0.259. The van der Waals surface area contributed by atoms with Crippen molar-refractivity contribution in [1.82, 2.24) is 4.90 Å². The molecule has 0 amide bonds. The van der Waals surface area contributed by atoms with Gasteiger partial charge in [-0.05, 0) is 73.7 Å². The molecule has 2 heterocycles. The van der Waals surface area contributed by atoms with E-state index in [2.05, 4.69) is 18.4 Å². The third kappa shape index (κ3) is 1.62. The largest absolute Gasteiger partial charge is 0.388 e. The van der Waals surface area contributed by atoms with E-state index in [1.165, 1.54) is 57.9 Å². The Balaban J connectivity index is 1.53. The molecule has 8 atom stereocenters. The van der Waals surface area contributed by atoms with Gasteiger partial charge in [-0.2, -0.15) is 0 Å². The van der Waals surface area contributed by atoms with Crippen LogP contribution in [0.2, 0.25) is 0 Å². The highest BCUT2D eigenvalue weighted by atomic mass is 16.5. The summed E-state index contributed by atoms with van der Waals surface area (Å²) < 4.78 is 6.49. The van der Waals surface area contributed by atoms with Gasteiger partial charge in [-0.25, -0.2) is 0 Å². The summed E-state index contributed by atoms with van der Waals surface area (Å²) in [6.45, 7) is 10.2. The molecule has 2 aliphatic heterocycles. The zero-order chi connectivity index (χ0) is 17.0. The van der Waals surface area contributed by atoms with Gasteiger partial charge in [0.25, 0.3) is 0 Å². The van der Waals surface area contributed by atoms with Crippen molar-refractivity contribution >= 4 is 0 Å². The van der Waals surface area contributed by atoms with E-state index >= 15 is 0 Å². The highest BCUT2D eigenvalue weighted by Crippen LogP contribution is 2.75. The minimum absolute atomic E-state index is 0.107. The van der Waals surface area contributed by atoms with Gasteiger partial charge in [0.15, 0.2) is 0 Å². The molecule has 3 heteroatoms. The molecular formula is C22H33NO2. The van der Waals surface area contributed by atoms with Crippen LogP contribution in [0.4, 0.5) is 0 Å². The second kappa shape index (κ2) is 4.72. The molecular weight excluding hydrogens is 310 g/mol. The molecule has 7 aliphatic rings. The standard InChI is InChI=1S/C22H33NO2/c1-14-15-4-8-21(18(14)24)9-5-16-20(2)6-3-7-22(16,17(21)12-15)19-23(13-20)10-11-25-19/h15-19,24H,1,3-13H2,2H3/t15-,16+,17?,18?,19?,20?,21-,22?/m0/s1. The van der Waals surface area contributed by atoms with Crippen LogP contribution in [0.5, 0.6) is 0 Å². The smallest absolute Gasteiger partial charge is 0.117 e. The summed E-state index contributed by atoms with van der Waals surface area (Å²) in [5.41, 5.74) is 2.02. The molecule has 5 aliphatic carbocycles. The van der Waals surface area contributed by atoms with E-state index in [1.807, 2.05) is 0 Å². The summed E-state index contributed by atoms with van der Waals surface area (Å²) in [5.74, 6) is 1.99. The zero-order valence-electron chi connectivity index (χ0n) is 15.7. The fourth-order valence-corrected chi connectivity index (χ4v) is 9.23. The van der Waals surface area contributed by atoms with Gasteiger partial charge in [-0.15, -0.1) is 0 Å². The minimum Gasteiger partial charge on any atom is -0.388 e. The van der Waals surface area contributed by atoms with Gasteiger partial charge >= 0.3 is 0 Å². The fourth-order valence-electron chi connectivity index (χ4n) is 9.23. The maximum absolute atomic E-state index is 11.3. The van der Waals surface area contributed by atoms with Gasteiger partial charge < -0.3 is 9.84 Å². The molecule has 25 heavy (non-hydrogen) atoms. The van der Waals surface area contributed by atoms with E-state index < -0.39 is 0 Å². The van der Waals surface area contributed by atoms with E-state index in [-0.39, 0.29) is 11.5 Å². The fraction of sp³-hybridized carbons (Fsp3) is 0.909. The van der Waals surface area contributed by atoms with E-state index in [1.54, 1.807) is 0 Å². The molecule has 1 spiro atoms. The molecule has 0 aromatic rings. The maximum atomic E-state index is 11.3. The Morgan fingerprint density at radius 2 is 2.00 bits per heavy atom. The van der Waals surface area contributed by atoms with Crippen molar-refractivity contribution in [3.8, 4) is 0 Å². The first-order chi connectivity index (χ1) is 12.0. The molecule has 5 unspecified atom stereocenters. The van der Waals surface area contributed by atoms with Crippen LogP contribution in [-0.4, -0.2) is 42.0 Å². The monoisotopic (exact) mass is 343 g/mol. The Morgan fingerprint density at radius 1 is 1.16 bits per heavy atom. The topological polar surface area (TPSA) is 32.7 Å². The van der Waals surface area contributed by atoms with Gasteiger partial charge in [-0.1, -0.05) is 19.9 Å². The Morgan fingerprint density at radius 3 is 2.88 bits per heavy atom. The number of hydrogen-bond acceptors (Lipinski definition) is 3. The Bertz CT molecular complexity index is 634. The average molecular weight is 344 g/mol. The van der Waals surface area contributed by atoms with E-state index in [4.69, 9.17) is 4.74 Å². The second-order valence-electron chi connectivity index (χ2n) is 10.6. The van der Waals surface area contributed by atoms with Crippen LogP contribution in [-0.2, 0) is 4.74 Å². The number of fused-ring (bicyclic) bond motifs is 3. The predicted octanol–water partition coefficient (Wildman–Crippen LogP) is 3.58. The molecule has 5 saturated carbocycles. The second-order valence-corrected chi connectivity index (χ2v) is 10.6. The molecule has 3 nitrogen and oxygen atoms in total. The van der Waals surface area contributed by atoms with E-state index in [0.29, 0.717) is 28.9 Å². The SMILES string of the molecule is C=C1C(O)[C@]23CC[C@H]1CC2C12CCCC(C)(CN4CCOC41)[C@H]2CC3. The Labute approximate surface area is 151 Å². The summed E-state index contributed by atoms with van der Waals surface area (Å²) in [4.78, 5) is 2.69. The van der Waals surface area contributed by atoms with Crippen LogP contribution >= 0.6 is 0 Å². The van der Waals surface area contributed by atoms with Crippen molar-refractivity contribution in [3.05, 3.63) is 12.2 Å². The van der Waals surface area contributed by atoms with Crippen molar-refractivity contribution in [1.29, 1.82) is 0 Å².